The predicted octanol–water partition coefficient (Wildman–Crippen LogP) is 1.31. The first-order valence-corrected chi connectivity index (χ1v) is 7.96. The summed E-state index contributed by atoms with van der Waals surface area (Å²) in [5.41, 5.74) is 0. The number of carbonyl (C=O) groups is 1. The molecule has 2 aliphatic rings. The molecule has 122 valence electrons. The first-order valence-electron chi connectivity index (χ1n) is 7.96. The van der Waals surface area contributed by atoms with Crippen LogP contribution in [-0.4, -0.2) is 60.0 Å². The Hall–Kier alpha value is -1.47. The van der Waals surface area contributed by atoms with E-state index in [9.17, 15) is 4.79 Å². The average molecular weight is 309 g/mol. The molecule has 3 rings (SSSR count). The fourth-order valence-electron chi connectivity index (χ4n) is 2.87. The molecule has 1 amide bonds. The smallest absolute Gasteiger partial charge is 0.254 e. The van der Waals surface area contributed by atoms with Crippen molar-refractivity contribution in [1.29, 1.82) is 0 Å². The second-order valence-electron chi connectivity index (χ2n) is 6.20. The Morgan fingerprint density at radius 1 is 1.36 bits per heavy atom. The van der Waals surface area contributed by atoms with Crippen molar-refractivity contribution in [1.82, 2.24) is 15.0 Å². The van der Waals surface area contributed by atoms with E-state index in [0.29, 0.717) is 38.1 Å². The minimum Gasteiger partial charge on any atom is -0.376 e. The lowest BCUT2D eigenvalue weighted by Gasteiger charge is -2.34. The Bertz CT molecular complexity index is 511. The molecule has 2 aliphatic heterocycles. The molecule has 7 nitrogen and oxygen atoms in total. The van der Waals surface area contributed by atoms with Crippen LogP contribution < -0.4 is 0 Å². The van der Waals surface area contributed by atoms with Crippen LogP contribution in [-0.2, 0) is 14.3 Å². The van der Waals surface area contributed by atoms with E-state index >= 15 is 0 Å². The fourth-order valence-corrected chi connectivity index (χ4v) is 2.87. The topological polar surface area (TPSA) is 77.7 Å². The molecule has 0 radical (unpaired) electrons. The van der Waals surface area contributed by atoms with Crippen LogP contribution in [0.4, 0.5) is 0 Å². The van der Waals surface area contributed by atoms with Gasteiger partial charge in [0.25, 0.3) is 5.91 Å². The third-order valence-electron chi connectivity index (χ3n) is 4.14. The number of likely N-dealkylation sites (tertiary alicyclic amines) is 1. The van der Waals surface area contributed by atoms with Crippen LogP contribution in [0, 0.1) is 0 Å². The summed E-state index contributed by atoms with van der Waals surface area (Å²) in [6, 6.07) is 0. The maximum atomic E-state index is 12.5. The van der Waals surface area contributed by atoms with Crippen LogP contribution in [0.5, 0.6) is 0 Å². The van der Waals surface area contributed by atoms with Gasteiger partial charge in [-0.15, -0.1) is 0 Å². The Morgan fingerprint density at radius 3 is 2.91 bits per heavy atom. The lowest BCUT2D eigenvalue weighted by molar-refractivity contribution is -0.159. The van der Waals surface area contributed by atoms with Crippen molar-refractivity contribution in [3.8, 4) is 0 Å². The summed E-state index contributed by atoms with van der Waals surface area (Å²) in [5, 5.41) is 4.09. The summed E-state index contributed by atoms with van der Waals surface area (Å²) in [5.74, 6) is 1.73. The molecule has 0 spiro atoms. The van der Waals surface area contributed by atoms with Gasteiger partial charge in [0.05, 0.1) is 19.8 Å². The quantitative estimate of drug-likeness (QED) is 0.838. The minimum atomic E-state index is -0.469. The number of piperidine rings is 1. The molecule has 0 N–H and O–H groups in total. The summed E-state index contributed by atoms with van der Waals surface area (Å²) in [4.78, 5) is 18.8. The molecule has 0 aliphatic carbocycles. The Kier molecular flexibility index (Phi) is 4.73. The van der Waals surface area contributed by atoms with Crippen LogP contribution in [0.2, 0.25) is 0 Å². The van der Waals surface area contributed by atoms with Gasteiger partial charge in [0.2, 0.25) is 5.89 Å². The summed E-state index contributed by atoms with van der Waals surface area (Å²) < 4.78 is 16.1. The van der Waals surface area contributed by atoms with Crippen molar-refractivity contribution >= 4 is 5.91 Å². The van der Waals surface area contributed by atoms with Crippen molar-refractivity contribution in [2.45, 2.75) is 44.6 Å². The minimum absolute atomic E-state index is 0.0111. The van der Waals surface area contributed by atoms with E-state index in [2.05, 4.69) is 10.1 Å². The predicted molar refractivity (Wildman–Crippen MR) is 77.5 cm³/mol. The van der Waals surface area contributed by atoms with Gasteiger partial charge >= 0.3 is 0 Å². The maximum Gasteiger partial charge on any atom is 0.254 e. The number of carbonyl (C=O) groups excluding carboxylic acids is 1. The SMILES string of the molecule is CC(C)c1nc([C@@H]2CCCN(C(=O)[C@@H]3COCCO3)C2)no1. The molecule has 0 unspecified atom stereocenters. The van der Waals surface area contributed by atoms with E-state index in [1.807, 2.05) is 18.7 Å². The molecular formula is C15H23N3O4. The van der Waals surface area contributed by atoms with Crippen LogP contribution in [0.25, 0.3) is 0 Å². The van der Waals surface area contributed by atoms with Crippen LogP contribution >= 0.6 is 0 Å². The number of ether oxygens (including phenoxy) is 2. The normalized spacial score (nSPS) is 26.4. The zero-order valence-corrected chi connectivity index (χ0v) is 13.2. The number of hydrogen-bond donors (Lipinski definition) is 0. The van der Waals surface area contributed by atoms with E-state index in [4.69, 9.17) is 14.0 Å². The molecule has 2 saturated heterocycles. The van der Waals surface area contributed by atoms with Gasteiger partial charge in [0.15, 0.2) is 11.9 Å². The lowest BCUT2D eigenvalue weighted by Crippen LogP contribution is -2.48. The zero-order chi connectivity index (χ0) is 15.5. The Labute approximate surface area is 129 Å². The van der Waals surface area contributed by atoms with E-state index in [0.717, 1.165) is 19.4 Å². The molecule has 0 saturated carbocycles. The van der Waals surface area contributed by atoms with Gasteiger partial charge in [-0.1, -0.05) is 19.0 Å². The summed E-state index contributed by atoms with van der Waals surface area (Å²) in [6.07, 6.45) is 1.45. The summed E-state index contributed by atoms with van der Waals surface area (Å²) in [7, 11) is 0. The third-order valence-corrected chi connectivity index (χ3v) is 4.14. The van der Waals surface area contributed by atoms with Gasteiger partial charge in [0.1, 0.15) is 0 Å². The number of amides is 1. The molecule has 2 fully saturated rings. The molecule has 7 heteroatoms. The van der Waals surface area contributed by atoms with Crippen molar-refractivity contribution in [3.63, 3.8) is 0 Å². The zero-order valence-electron chi connectivity index (χ0n) is 13.2. The van der Waals surface area contributed by atoms with E-state index in [1.165, 1.54) is 0 Å². The maximum absolute atomic E-state index is 12.5. The standard InChI is InChI=1S/C15H23N3O4/c1-10(2)14-16-13(17-22-14)11-4-3-5-18(8-11)15(19)12-9-20-6-7-21-12/h10-12H,3-9H2,1-2H3/t11-,12+/m1/s1. The van der Waals surface area contributed by atoms with Gasteiger partial charge in [-0.3, -0.25) is 4.79 Å². The van der Waals surface area contributed by atoms with Gasteiger partial charge < -0.3 is 18.9 Å². The van der Waals surface area contributed by atoms with Gasteiger partial charge in [-0.2, -0.15) is 4.98 Å². The monoisotopic (exact) mass is 309 g/mol. The molecule has 0 bridgehead atoms. The number of aromatic nitrogens is 2. The third kappa shape index (κ3) is 3.30. The van der Waals surface area contributed by atoms with Crippen LogP contribution in [0.3, 0.4) is 0 Å². The largest absolute Gasteiger partial charge is 0.376 e. The Morgan fingerprint density at radius 2 is 2.23 bits per heavy atom. The summed E-state index contributed by atoms with van der Waals surface area (Å²) in [6.45, 7) is 6.81. The van der Waals surface area contributed by atoms with Crippen LogP contribution in [0.1, 0.15) is 50.2 Å². The van der Waals surface area contributed by atoms with Crippen molar-refractivity contribution in [2.75, 3.05) is 32.9 Å². The summed E-state index contributed by atoms with van der Waals surface area (Å²) >= 11 is 0. The number of rotatable bonds is 3. The second kappa shape index (κ2) is 6.75. The highest BCUT2D eigenvalue weighted by Gasteiger charge is 2.33. The van der Waals surface area contributed by atoms with Crippen LogP contribution in [0.15, 0.2) is 4.52 Å². The molecule has 2 atom stereocenters. The average Bonchev–Trinajstić information content (AvgIpc) is 3.05. The van der Waals surface area contributed by atoms with Crippen molar-refractivity contribution in [3.05, 3.63) is 11.7 Å². The van der Waals surface area contributed by atoms with Gasteiger partial charge in [-0.25, -0.2) is 0 Å². The first kappa shape index (κ1) is 15.4. The molecule has 0 aromatic carbocycles. The first-order chi connectivity index (χ1) is 10.6. The lowest BCUT2D eigenvalue weighted by atomic mass is 9.97. The molecule has 3 heterocycles. The van der Waals surface area contributed by atoms with Crippen molar-refractivity contribution < 1.29 is 18.8 Å². The molecule has 22 heavy (non-hydrogen) atoms. The van der Waals surface area contributed by atoms with Gasteiger partial charge in [0, 0.05) is 24.9 Å². The highest BCUT2D eigenvalue weighted by atomic mass is 16.6. The van der Waals surface area contributed by atoms with E-state index in [1.54, 1.807) is 0 Å². The molecule has 1 aromatic rings. The second-order valence-corrected chi connectivity index (χ2v) is 6.20. The molecular weight excluding hydrogens is 286 g/mol. The van der Waals surface area contributed by atoms with Crippen molar-refractivity contribution in [2.24, 2.45) is 0 Å². The Balaban J connectivity index is 1.64. The number of hydrogen-bond acceptors (Lipinski definition) is 6. The fraction of sp³-hybridized carbons (Fsp3) is 0.800. The molecule has 1 aromatic heterocycles. The van der Waals surface area contributed by atoms with Gasteiger partial charge in [-0.05, 0) is 12.8 Å². The highest BCUT2D eigenvalue weighted by molar-refractivity contribution is 5.81. The highest BCUT2D eigenvalue weighted by Crippen LogP contribution is 2.26. The number of nitrogens with zero attached hydrogens (tertiary/aromatic N) is 3. The van der Waals surface area contributed by atoms with E-state index in [-0.39, 0.29) is 17.7 Å². The van der Waals surface area contributed by atoms with E-state index < -0.39 is 6.10 Å².